The lowest BCUT2D eigenvalue weighted by molar-refractivity contribution is 0.0788. The molecular formula is C16H16N4O4. The van der Waals surface area contributed by atoms with E-state index >= 15 is 0 Å². The molecule has 0 aromatic carbocycles. The van der Waals surface area contributed by atoms with Crippen LogP contribution in [-0.4, -0.2) is 39.2 Å². The van der Waals surface area contributed by atoms with E-state index < -0.39 is 0 Å². The van der Waals surface area contributed by atoms with Crippen molar-refractivity contribution in [2.45, 2.75) is 26.2 Å². The van der Waals surface area contributed by atoms with Gasteiger partial charge >= 0.3 is 0 Å². The fourth-order valence-corrected chi connectivity index (χ4v) is 3.00. The lowest BCUT2D eigenvalue weighted by atomic mass is 10.1. The molecule has 1 aliphatic rings. The second kappa shape index (κ2) is 5.63. The number of hydrogen-bond donors (Lipinski definition) is 0. The van der Waals surface area contributed by atoms with Gasteiger partial charge < -0.3 is 18.4 Å². The molecule has 0 spiro atoms. The zero-order valence-electron chi connectivity index (χ0n) is 13.4. The maximum Gasteiger partial charge on any atom is 0.293 e. The Labute approximate surface area is 137 Å². The Kier molecular flexibility index (Phi) is 3.44. The number of amides is 1. The standard InChI is InChI=1S/C16H16N4O4/c1-9-13(10(2)23-18-9)16(21)20-6-5-11(8-20)14-17-15(24-19-14)12-4-3-7-22-12/h3-4,7,11H,5-6,8H2,1-2H3/t11-/m0/s1. The van der Waals surface area contributed by atoms with Crippen LogP contribution in [0.3, 0.4) is 0 Å². The number of aromatic nitrogens is 3. The molecular weight excluding hydrogens is 312 g/mol. The van der Waals surface area contributed by atoms with E-state index in [9.17, 15) is 4.79 Å². The summed E-state index contributed by atoms with van der Waals surface area (Å²) in [6, 6.07) is 3.53. The second-order valence-electron chi connectivity index (χ2n) is 5.87. The van der Waals surface area contributed by atoms with Crippen LogP contribution in [0.25, 0.3) is 11.7 Å². The number of furan rings is 1. The normalized spacial score (nSPS) is 17.6. The first kappa shape index (κ1) is 14.7. The van der Waals surface area contributed by atoms with Gasteiger partial charge in [0.1, 0.15) is 11.3 Å². The van der Waals surface area contributed by atoms with Gasteiger partial charge in [0.25, 0.3) is 11.8 Å². The number of likely N-dealkylation sites (tertiary alicyclic amines) is 1. The van der Waals surface area contributed by atoms with Crippen molar-refractivity contribution in [2.75, 3.05) is 13.1 Å². The van der Waals surface area contributed by atoms with E-state index in [1.165, 1.54) is 0 Å². The van der Waals surface area contributed by atoms with E-state index in [4.69, 9.17) is 13.5 Å². The minimum atomic E-state index is -0.0662. The van der Waals surface area contributed by atoms with Gasteiger partial charge in [-0.2, -0.15) is 4.98 Å². The zero-order valence-corrected chi connectivity index (χ0v) is 13.4. The molecule has 4 heterocycles. The van der Waals surface area contributed by atoms with Crippen molar-refractivity contribution in [1.29, 1.82) is 0 Å². The lowest BCUT2D eigenvalue weighted by Crippen LogP contribution is -2.29. The Balaban J connectivity index is 1.50. The first-order chi connectivity index (χ1) is 11.6. The molecule has 0 bridgehead atoms. The summed E-state index contributed by atoms with van der Waals surface area (Å²) in [5.41, 5.74) is 1.15. The van der Waals surface area contributed by atoms with Gasteiger partial charge in [-0.15, -0.1) is 0 Å². The van der Waals surface area contributed by atoms with Crippen LogP contribution in [0.4, 0.5) is 0 Å². The SMILES string of the molecule is Cc1noc(C)c1C(=O)N1CC[C@H](c2noc(-c3ccco3)n2)C1. The Morgan fingerprint density at radius 2 is 2.17 bits per heavy atom. The predicted molar refractivity (Wildman–Crippen MR) is 81.2 cm³/mol. The number of carbonyl (C=O) groups excluding carboxylic acids is 1. The maximum absolute atomic E-state index is 12.7. The topological polar surface area (TPSA) is 98.4 Å². The van der Waals surface area contributed by atoms with Crippen LogP contribution in [0, 0.1) is 13.8 Å². The highest BCUT2D eigenvalue weighted by Gasteiger charge is 2.33. The molecule has 8 nitrogen and oxygen atoms in total. The third kappa shape index (κ3) is 2.40. The number of aryl methyl sites for hydroxylation is 2. The van der Waals surface area contributed by atoms with E-state index in [1.807, 2.05) is 0 Å². The summed E-state index contributed by atoms with van der Waals surface area (Å²) >= 11 is 0. The van der Waals surface area contributed by atoms with Crippen LogP contribution in [0.5, 0.6) is 0 Å². The van der Waals surface area contributed by atoms with E-state index in [0.29, 0.717) is 47.6 Å². The van der Waals surface area contributed by atoms with Gasteiger partial charge in [-0.05, 0) is 32.4 Å². The van der Waals surface area contributed by atoms with Gasteiger partial charge in [-0.3, -0.25) is 4.79 Å². The first-order valence-electron chi connectivity index (χ1n) is 7.73. The largest absolute Gasteiger partial charge is 0.459 e. The third-order valence-corrected chi connectivity index (χ3v) is 4.26. The number of hydrogen-bond acceptors (Lipinski definition) is 7. The molecule has 0 aliphatic carbocycles. The van der Waals surface area contributed by atoms with E-state index in [0.717, 1.165) is 6.42 Å². The van der Waals surface area contributed by atoms with E-state index in [2.05, 4.69) is 15.3 Å². The minimum Gasteiger partial charge on any atom is -0.459 e. The number of nitrogens with zero attached hydrogens (tertiary/aromatic N) is 4. The van der Waals surface area contributed by atoms with Gasteiger partial charge in [0.05, 0.1) is 12.0 Å². The summed E-state index contributed by atoms with van der Waals surface area (Å²) in [4.78, 5) is 18.8. The fraction of sp³-hybridized carbons (Fsp3) is 0.375. The van der Waals surface area contributed by atoms with Gasteiger partial charge in [-0.25, -0.2) is 0 Å². The monoisotopic (exact) mass is 328 g/mol. The van der Waals surface area contributed by atoms with Crippen LogP contribution in [0.1, 0.15) is 40.0 Å². The molecule has 3 aromatic heterocycles. The molecule has 8 heteroatoms. The molecule has 0 N–H and O–H groups in total. The molecule has 0 radical (unpaired) electrons. The Bertz CT molecular complexity index is 845. The molecule has 24 heavy (non-hydrogen) atoms. The Morgan fingerprint density at radius 1 is 1.29 bits per heavy atom. The minimum absolute atomic E-state index is 0.0434. The second-order valence-corrected chi connectivity index (χ2v) is 5.87. The van der Waals surface area contributed by atoms with Crippen LogP contribution in [0.15, 0.2) is 31.9 Å². The third-order valence-electron chi connectivity index (χ3n) is 4.26. The van der Waals surface area contributed by atoms with Crippen molar-refractivity contribution in [3.63, 3.8) is 0 Å². The Morgan fingerprint density at radius 3 is 2.88 bits per heavy atom. The van der Waals surface area contributed by atoms with Crippen LogP contribution in [-0.2, 0) is 0 Å². The molecule has 1 amide bonds. The summed E-state index contributed by atoms with van der Waals surface area (Å²) in [5.74, 6) is 2.00. The first-order valence-corrected chi connectivity index (χ1v) is 7.73. The summed E-state index contributed by atoms with van der Waals surface area (Å²) in [5, 5.41) is 7.88. The van der Waals surface area contributed by atoms with Gasteiger partial charge in [0.15, 0.2) is 11.6 Å². The molecule has 124 valence electrons. The molecule has 1 fully saturated rings. The summed E-state index contributed by atoms with van der Waals surface area (Å²) in [7, 11) is 0. The summed E-state index contributed by atoms with van der Waals surface area (Å²) in [6.07, 6.45) is 2.34. The Hall–Kier alpha value is -2.90. The van der Waals surface area contributed by atoms with Crippen molar-refractivity contribution >= 4 is 5.91 Å². The molecule has 3 aromatic rings. The molecule has 1 atom stereocenters. The van der Waals surface area contributed by atoms with Crippen molar-refractivity contribution in [3.05, 3.63) is 41.2 Å². The number of rotatable bonds is 3. The summed E-state index contributed by atoms with van der Waals surface area (Å²) < 4.78 is 15.6. The van der Waals surface area contributed by atoms with Crippen molar-refractivity contribution in [1.82, 2.24) is 20.2 Å². The van der Waals surface area contributed by atoms with Crippen molar-refractivity contribution < 1.29 is 18.3 Å². The predicted octanol–water partition coefficient (Wildman–Crippen LogP) is 2.56. The highest BCUT2D eigenvalue weighted by atomic mass is 16.5. The van der Waals surface area contributed by atoms with Crippen LogP contribution in [0.2, 0.25) is 0 Å². The highest BCUT2D eigenvalue weighted by molar-refractivity contribution is 5.96. The molecule has 1 aliphatic heterocycles. The summed E-state index contributed by atoms with van der Waals surface area (Å²) in [6.45, 7) is 4.69. The van der Waals surface area contributed by atoms with Crippen LogP contribution < -0.4 is 0 Å². The highest BCUT2D eigenvalue weighted by Crippen LogP contribution is 2.29. The zero-order chi connectivity index (χ0) is 16.7. The van der Waals surface area contributed by atoms with E-state index in [-0.39, 0.29) is 11.8 Å². The van der Waals surface area contributed by atoms with Gasteiger partial charge in [0.2, 0.25) is 0 Å². The van der Waals surface area contributed by atoms with Crippen molar-refractivity contribution in [3.8, 4) is 11.7 Å². The fourth-order valence-electron chi connectivity index (χ4n) is 3.00. The van der Waals surface area contributed by atoms with Crippen LogP contribution >= 0.6 is 0 Å². The van der Waals surface area contributed by atoms with Gasteiger partial charge in [0, 0.05) is 19.0 Å². The average Bonchev–Trinajstić information content (AvgIpc) is 3.34. The molecule has 1 saturated heterocycles. The molecule has 4 rings (SSSR count). The van der Waals surface area contributed by atoms with E-state index in [1.54, 1.807) is 37.1 Å². The van der Waals surface area contributed by atoms with Gasteiger partial charge in [-0.1, -0.05) is 10.3 Å². The molecule has 0 saturated carbocycles. The number of carbonyl (C=O) groups is 1. The smallest absolute Gasteiger partial charge is 0.293 e. The average molecular weight is 328 g/mol. The maximum atomic E-state index is 12.7. The lowest BCUT2D eigenvalue weighted by Gasteiger charge is -2.15. The quantitative estimate of drug-likeness (QED) is 0.728. The van der Waals surface area contributed by atoms with Crippen molar-refractivity contribution in [2.24, 2.45) is 0 Å². The molecule has 0 unspecified atom stereocenters.